The van der Waals surface area contributed by atoms with Crippen molar-refractivity contribution >= 4 is 45.9 Å². The van der Waals surface area contributed by atoms with Crippen LogP contribution < -0.4 is 0 Å². The molecule has 1 aliphatic rings. The lowest BCUT2D eigenvalue weighted by molar-refractivity contribution is 1.07. The summed E-state index contributed by atoms with van der Waals surface area (Å²) < 4.78 is 0. The average Bonchev–Trinajstić information content (AvgIpc) is 2.69. The maximum atomic E-state index is 6.18. The van der Waals surface area contributed by atoms with E-state index in [0.29, 0.717) is 10.0 Å². The van der Waals surface area contributed by atoms with Crippen LogP contribution in [-0.4, -0.2) is 10.7 Å². The minimum atomic E-state index is 0.640. The summed E-state index contributed by atoms with van der Waals surface area (Å²) in [6.07, 6.45) is 1.10. The molecule has 0 atom stereocenters. The molecule has 1 nitrogen and oxygen atoms in total. The zero-order valence-corrected chi connectivity index (χ0v) is 11.0. The highest BCUT2D eigenvalue weighted by atomic mass is 35.5. The number of nitrogens with zero attached hydrogens (tertiary/aromatic N) is 1. The first-order valence-electron chi connectivity index (χ1n) is 5.08. The number of hydrogen-bond donors (Lipinski definition) is 0. The molecule has 0 spiro atoms. The van der Waals surface area contributed by atoms with Crippen molar-refractivity contribution in [3.8, 4) is 0 Å². The van der Waals surface area contributed by atoms with Gasteiger partial charge in [-0.3, -0.25) is 4.98 Å². The van der Waals surface area contributed by atoms with E-state index >= 15 is 0 Å². The van der Waals surface area contributed by atoms with Crippen molar-refractivity contribution in [1.82, 2.24) is 4.98 Å². The number of fused-ring (bicyclic) bond motifs is 3. The van der Waals surface area contributed by atoms with E-state index in [0.717, 1.165) is 28.8 Å². The summed E-state index contributed by atoms with van der Waals surface area (Å²) in [6.45, 7) is 2.05. The van der Waals surface area contributed by atoms with Gasteiger partial charge in [-0.2, -0.15) is 0 Å². The first kappa shape index (κ1) is 10.7. The molecule has 4 heteroatoms. The first-order chi connectivity index (χ1) is 7.66. The third-order valence-corrected chi connectivity index (χ3v) is 4.53. The maximum absolute atomic E-state index is 6.18. The normalized spacial score (nSPS) is 14.4. The predicted molar refractivity (Wildman–Crippen MR) is 70.9 cm³/mol. The molecule has 0 amide bonds. The van der Waals surface area contributed by atoms with Crippen LogP contribution in [0.2, 0.25) is 10.0 Å². The highest BCUT2D eigenvalue weighted by Gasteiger charge is 2.19. The molecule has 16 heavy (non-hydrogen) atoms. The fourth-order valence-electron chi connectivity index (χ4n) is 2.13. The maximum Gasteiger partial charge on any atom is 0.0903 e. The molecular formula is C12H9Cl2NS. The molecular weight excluding hydrogens is 261 g/mol. The molecule has 0 aliphatic carbocycles. The van der Waals surface area contributed by atoms with E-state index in [1.54, 1.807) is 6.07 Å². The van der Waals surface area contributed by atoms with E-state index in [1.165, 1.54) is 10.5 Å². The first-order valence-corrected chi connectivity index (χ1v) is 6.82. The Morgan fingerprint density at radius 1 is 1.31 bits per heavy atom. The number of rotatable bonds is 0. The van der Waals surface area contributed by atoms with E-state index in [1.807, 2.05) is 17.8 Å². The van der Waals surface area contributed by atoms with Crippen LogP contribution in [0.5, 0.6) is 0 Å². The van der Waals surface area contributed by atoms with Crippen molar-refractivity contribution < 1.29 is 0 Å². The van der Waals surface area contributed by atoms with Crippen molar-refractivity contribution in [3.63, 3.8) is 0 Å². The second-order valence-corrected chi connectivity index (χ2v) is 5.84. The summed E-state index contributed by atoms with van der Waals surface area (Å²) in [4.78, 5) is 5.90. The number of aryl methyl sites for hydroxylation is 1. The van der Waals surface area contributed by atoms with Crippen molar-refractivity contribution in [1.29, 1.82) is 0 Å². The number of benzene rings is 1. The SMILES string of the molecule is Cc1nc2c(Cl)cc(Cl)cc2c2c1CCS2. The molecule has 0 saturated carbocycles. The van der Waals surface area contributed by atoms with Gasteiger partial charge in [0.1, 0.15) is 0 Å². The predicted octanol–water partition coefficient (Wildman–Crippen LogP) is 4.50. The van der Waals surface area contributed by atoms with E-state index in [4.69, 9.17) is 23.2 Å². The van der Waals surface area contributed by atoms with Gasteiger partial charge >= 0.3 is 0 Å². The van der Waals surface area contributed by atoms with Gasteiger partial charge in [-0.15, -0.1) is 11.8 Å². The molecule has 1 aromatic carbocycles. The van der Waals surface area contributed by atoms with Crippen LogP contribution in [0.15, 0.2) is 17.0 Å². The average molecular weight is 270 g/mol. The molecule has 0 saturated heterocycles. The van der Waals surface area contributed by atoms with Crippen molar-refractivity contribution in [3.05, 3.63) is 33.4 Å². The highest BCUT2D eigenvalue weighted by Crippen LogP contribution is 2.40. The molecule has 82 valence electrons. The Morgan fingerprint density at radius 3 is 2.94 bits per heavy atom. The van der Waals surface area contributed by atoms with E-state index in [2.05, 4.69) is 11.9 Å². The van der Waals surface area contributed by atoms with Crippen molar-refractivity contribution in [2.24, 2.45) is 0 Å². The Labute approximate surface area is 108 Å². The topological polar surface area (TPSA) is 12.9 Å². The molecule has 0 fully saturated rings. The van der Waals surface area contributed by atoms with Gasteiger partial charge in [0.15, 0.2) is 0 Å². The Morgan fingerprint density at radius 2 is 2.12 bits per heavy atom. The van der Waals surface area contributed by atoms with Crippen molar-refractivity contribution in [2.75, 3.05) is 5.75 Å². The number of aromatic nitrogens is 1. The summed E-state index contributed by atoms with van der Waals surface area (Å²) in [5.74, 6) is 1.13. The largest absolute Gasteiger partial charge is 0.251 e. The highest BCUT2D eigenvalue weighted by molar-refractivity contribution is 7.99. The van der Waals surface area contributed by atoms with Gasteiger partial charge in [-0.05, 0) is 31.0 Å². The molecule has 3 rings (SSSR count). The third-order valence-electron chi connectivity index (χ3n) is 2.86. The Kier molecular flexibility index (Phi) is 2.54. The minimum absolute atomic E-state index is 0.640. The van der Waals surface area contributed by atoms with Crippen LogP contribution >= 0.6 is 35.0 Å². The lowest BCUT2D eigenvalue weighted by atomic mass is 10.1. The van der Waals surface area contributed by atoms with Crippen LogP contribution in [0.1, 0.15) is 11.3 Å². The molecule has 1 aliphatic heterocycles. The quantitative estimate of drug-likeness (QED) is 0.699. The summed E-state index contributed by atoms with van der Waals surface area (Å²) >= 11 is 14.1. The van der Waals surface area contributed by atoms with E-state index in [-0.39, 0.29) is 0 Å². The van der Waals surface area contributed by atoms with Crippen LogP contribution in [0.3, 0.4) is 0 Å². The molecule has 2 aromatic rings. The molecule has 0 N–H and O–H groups in total. The van der Waals surface area contributed by atoms with Crippen LogP contribution in [0.25, 0.3) is 10.9 Å². The fraction of sp³-hybridized carbons (Fsp3) is 0.250. The molecule has 0 bridgehead atoms. The van der Waals surface area contributed by atoms with Crippen molar-refractivity contribution in [2.45, 2.75) is 18.2 Å². The summed E-state index contributed by atoms with van der Waals surface area (Å²) in [5.41, 5.74) is 3.32. The van der Waals surface area contributed by atoms with Crippen LogP contribution in [0, 0.1) is 6.92 Å². The van der Waals surface area contributed by atoms with Gasteiger partial charge in [-0.25, -0.2) is 0 Å². The zero-order valence-electron chi connectivity index (χ0n) is 8.68. The Hall–Kier alpha value is -0.440. The molecule has 1 aromatic heterocycles. The van der Waals surface area contributed by atoms with Crippen LogP contribution in [-0.2, 0) is 6.42 Å². The Bertz CT molecular complexity index is 595. The second-order valence-electron chi connectivity index (χ2n) is 3.89. The van der Waals surface area contributed by atoms with Gasteiger partial charge in [0.25, 0.3) is 0 Å². The monoisotopic (exact) mass is 269 g/mol. The van der Waals surface area contributed by atoms with Gasteiger partial charge in [0, 0.05) is 26.8 Å². The van der Waals surface area contributed by atoms with Gasteiger partial charge in [-0.1, -0.05) is 23.2 Å². The summed E-state index contributed by atoms with van der Waals surface area (Å²) in [6, 6.07) is 3.72. The standard InChI is InChI=1S/C12H9Cl2NS/c1-6-8-2-3-16-12(8)9-4-7(13)5-10(14)11(9)15-6/h4-5H,2-3H2,1H3. The Balaban J connectivity index is 2.48. The lowest BCUT2D eigenvalue weighted by Crippen LogP contribution is -1.93. The molecule has 0 unspecified atom stereocenters. The number of halogens is 2. The van der Waals surface area contributed by atoms with Gasteiger partial charge in [0.05, 0.1) is 10.5 Å². The smallest absolute Gasteiger partial charge is 0.0903 e. The molecule has 2 heterocycles. The van der Waals surface area contributed by atoms with E-state index in [9.17, 15) is 0 Å². The zero-order chi connectivity index (χ0) is 11.3. The third kappa shape index (κ3) is 1.52. The van der Waals surface area contributed by atoms with Crippen LogP contribution in [0.4, 0.5) is 0 Å². The second kappa shape index (κ2) is 3.80. The summed E-state index contributed by atoms with van der Waals surface area (Å²) in [7, 11) is 0. The fourth-order valence-corrected chi connectivity index (χ4v) is 3.91. The minimum Gasteiger partial charge on any atom is -0.251 e. The van der Waals surface area contributed by atoms with E-state index < -0.39 is 0 Å². The number of thioether (sulfide) groups is 1. The lowest BCUT2D eigenvalue weighted by Gasteiger charge is -2.09. The number of hydrogen-bond acceptors (Lipinski definition) is 2. The van der Waals surface area contributed by atoms with Gasteiger partial charge < -0.3 is 0 Å². The molecule has 0 radical (unpaired) electrons. The van der Waals surface area contributed by atoms with Gasteiger partial charge in [0.2, 0.25) is 0 Å². The summed E-state index contributed by atoms with van der Waals surface area (Å²) in [5, 5.41) is 2.42. The number of pyridine rings is 1.